The van der Waals surface area contributed by atoms with Crippen LogP contribution >= 0.6 is 27.3 Å². The Labute approximate surface area is 121 Å². The Hall–Kier alpha value is -0.390. The molecule has 1 aliphatic rings. The molecule has 5 heteroatoms. The quantitative estimate of drug-likeness (QED) is 0.923. The molecule has 0 saturated carbocycles. The lowest BCUT2D eigenvalue weighted by Crippen LogP contribution is -2.57. The summed E-state index contributed by atoms with van der Waals surface area (Å²) in [6, 6.07) is 2.67. The van der Waals surface area contributed by atoms with Crippen molar-refractivity contribution in [3.05, 3.63) is 20.8 Å². The van der Waals surface area contributed by atoms with Gasteiger partial charge in [-0.05, 0) is 34.8 Å². The monoisotopic (exact) mass is 330 g/mol. The number of carbonyl (C=O) groups excluding carboxylic acids is 1. The molecule has 2 rings (SSSR count). The minimum atomic E-state index is 0.170. The molecule has 2 heterocycles. The van der Waals surface area contributed by atoms with Crippen LogP contribution in [0.5, 0.6) is 0 Å². The van der Waals surface area contributed by atoms with Gasteiger partial charge in [0.15, 0.2) is 0 Å². The average Bonchev–Trinajstić information content (AvgIpc) is 2.83. The van der Waals surface area contributed by atoms with E-state index in [1.54, 1.807) is 11.3 Å². The molecule has 18 heavy (non-hydrogen) atoms. The highest BCUT2D eigenvalue weighted by atomic mass is 79.9. The molecule has 0 aromatic carbocycles. The molecule has 1 amide bonds. The van der Waals surface area contributed by atoms with Gasteiger partial charge in [0.05, 0.1) is 9.35 Å². The van der Waals surface area contributed by atoms with Gasteiger partial charge < -0.3 is 10.2 Å². The largest absolute Gasteiger partial charge is 0.333 e. The highest BCUT2D eigenvalue weighted by Gasteiger charge is 2.30. The summed E-state index contributed by atoms with van der Waals surface area (Å²) in [5.74, 6) is 0.170. The van der Waals surface area contributed by atoms with Crippen LogP contribution in [0.25, 0.3) is 0 Å². The van der Waals surface area contributed by atoms with Gasteiger partial charge in [0.25, 0.3) is 5.91 Å². The number of hydrogen-bond donors (Lipinski definition) is 1. The van der Waals surface area contributed by atoms with Crippen molar-refractivity contribution in [2.24, 2.45) is 0 Å². The summed E-state index contributed by atoms with van der Waals surface area (Å²) in [5, 5.41) is 5.44. The van der Waals surface area contributed by atoms with E-state index >= 15 is 0 Å². The summed E-state index contributed by atoms with van der Waals surface area (Å²) in [4.78, 5) is 14.6. The van der Waals surface area contributed by atoms with Gasteiger partial charge in [-0.2, -0.15) is 0 Å². The van der Waals surface area contributed by atoms with Crippen LogP contribution in [-0.2, 0) is 0 Å². The Kier molecular flexibility index (Phi) is 4.81. The van der Waals surface area contributed by atoms with Crippen LogP contribution in [0.3, 0.4) is 0 Å². The topological polar surface area (TPSA) is 32.3 Å². The van der Waals surface area contributed by atoms with Gasteiger partial charge in [-0.15, -0.1) is 11.3 Å². The van der Waals surface area contributed by atoms with E-state index < -0.39 is 0 Å². The van der Waals surface area contributed by atoms with Crippen LogP contribution in [0.4, 0.5) is 0 Å². The molecule has 0 spiro atoms. The maximum atomic E-state index is 12.5. The van der Waals surface area contributed by atoms with Gasteiger partial charge in [-0.1, -0.05) is 13.8 Å². The molecule has 0 aliphatic carbocycles. The minimum Gasteiger partial charge on any atom is -0.333 e. The number of amides is 1. The first kappa shape index (κ1) is 14.0. The van der Waals surface area contributed by atoms with E-state index in [0.717, 1.165) is 35.3 Å². The SMILES string of the molecule is CCC1CN(C(=O)c2csc(Br)c2)C(CC)CN1. The fourth-order valence-electron chi connectivity index (χ4n) is 2.34. The van der Waals surface area contributed by atoms with Gasteiger partial charge in [0.2, 0.25) is 0 Å². The third-order valence-electron chi connectivity index (χ3n) is 3.54. The summed E-state index contributed by atoms with van der Waals surface area (Å²) in [5.41, 5.74) is 0.807. The Morgan fingerprint density at radius 1 is 1.56 bits per heavy atom. The predicted molar refractivity (Wildman–Crippen MR) is 79.2 cm³/mol. The van der Waals surface area contributed by atoms with Crippen molar-refractivity contribution >= 4 is 33.2 Å². The maximum Gasteiger partial charge on any atom is 0.255 e. The second kappa shape index (κ2) is 6.17. The molecule has 1 aliphatic heterocycles. The molecule has 1 fully saturated rings. The standard InChI is InChI=1S/C13H19BrN2OS/c1-3-10-7-16(11(4-2)6-15-10)13(17)9-5-12(14)18-8-9/h5,8,10-11,15H,3-4,6-7H2,1-2H3. The van der Waals surface area contributed by atoms with Crippen molar-refractivity contribution in [2.75, 3.05) is 13.1 Å². The third-order valence-corrected chi connectivity index (χ3v) is 5.04. The Balaban J connectivity index is 2.14. The van der Waals surface area contributed by atoms with E-state index in [9.17, 15) is 4.79 Å². The average molecular weight is 331 g/mol. The number of nitrogens with one attached hydrogen (secondary N) is 1. The van der Waals surface area contributed by atoms with Crippen LogP contribution in [-0.4, -0.2) is 36.0 Å². The smallest absolute Gasteiger partial charge is 0.255 e. The minimum absolute atomic E-state index is 0.170. The van der Waals surface area contributed by atoms with Crippen LogP contribution in [0.15, 0.2) is 15.2 Å². The molecule has 2 atom stereocenters. The van der Waals surface area contributed by atoms with Crippen LogP contribution in [0.1, 0.15) is 37.0 Å². The highest BCUT2D eigenvalue weighted by Crippen LogP contribution is 2.23. The van der Waals surface area contributed by atoms with E-state index in [1.165, 1.54) is 0 Å². The van der Waals surface area contributed by atoms with Gasteiger partial charge >= 0.3 is 0 Å². The van der Waals surface area contributed by atoms with E-state index in [4.69, 9.17) is 0 Å². The molecule has 1 N–H and O–H groups in total. The second-order valence-corrected chi connectivity index (χ2v) is 6.96. The number of carbonyl (C=O) groups is 1. The van der Waals surface area contributed by atoms with Crippen LogP contribution in [0.2, 0.25) is 0 Å². The Bertz CT molecular complexity index is 421. The van der Waals surface area contributed by atoms with Crippen molar-refractivity contribution in [3.63, 3.8) is 0 Å². The molecule has 100 valence electrons. The first-order chi connectivity index (χ1) is 8.65. The second-order valence-electron chi connectivity index (χ2n) is 4.67. The number of thiophene rings is 1. The van der Waals surface area contributed by atoms with Gasteiger partial charge in [-0.25, -0.2) is 0 Å². The Morgan fingerprint density at radius 3 is 2.89 bits per heavy atom. The molecule has 1 aromatic heterocycles. The molecule has 2 unspecified atom stereocenters. The zero-order valence-electron chi connectivity index (χ0n) is 10.8. The number of rotatable bonds is 3. The van der Waals surface area contributed by atoms with Crippen molar-refractivity contribution in [3.8, 4) is 0 Å². The third kappa shape index (κ3) is 2.95. The fraction of sp³-hybridized carbons (Fsp3) is 0.615. The number of piperazine rings is 1. The normalized spacial score (nSPS) is 24.3. The summed E-state index contributed by atoms with van der Waals surface area (Å²) >= 11 is 4.98. The Morgan fingerprint density at radius 2 is 2.33 bits per heavy atom. The highest BCUT2D eigenvalue weighted by molar-refractivity contribution is 9.11. The molecular formula is C13H19BrN2OS. The van der Waals surface area contributed by atoms with Gasteiger partial charge in [-0.3, -0.25) is 4.79 Å². The lowest BCUT2D eigenvalue weighted by Gasteiger charge is -2.39. The summed E-state index contributed by atoms with van der Waals surface area (Å²) in [7, 11) is 0. The summed E-state index contributed by atoms with van der Waals surface area (Å²) in [6.07, 6.45) is 2.06. The zero-order chi connectivity index (χ0) is 13.1. The first-order valence-corrected chi connectivity index (χ1v) is 8.11. The molecule has 1 saturated heterocycles. The fourth-order valence-corrected chi connectivity index (χ4v) is 3.47. The molecule has 0 radical (unpaired) electrons. The molecule has 0 bridgehead atoms. The van der Waals surface area contributed by atoms with Crippen molar-refractivity contribution in [1.29, 1.82) is 0 Å². The van der Waals surface area contributed by atoms with E-state index in [0.29, 0.717) is 12.1 Å². The van der Waals surface area contributed by atoms with Crippen molar-refractivity contribution < 1.29 is 4.79 Å². The maximum absolute atomic E-state index is 12.5. The zero-order valence-corrected chi connectivity index (χ0v) is 13.2. The van der Waals surface area contributed by atoms with Crippen molar-refractivity contribution in [1.82, 2.24) is 10.2 Å². The number of nitrogens with zero attached hydrogens (tertiary/aromatic N) is 1. The van der Waals surface area contributed by atoms with E-state index in [-0.39, 0.29) is 5.91 Å². The van der Waals surface area contributed by atoms with E-state index in [2.05, 4.69) is 35.1 Å². The van der Waals surface area contributed by atoms with Crippen molar-refractivity contribution in [2.45, 2.75) is 38.8 Å². The van der Waals surface area contributed by atoms with Gasteiger partial charge in [0, 0.05) is 30.6 Å². The molecule has 3 nitrogen and oxygen atoms in total. The molecule has 1 aromatic rings. The molecular weight excluding hydrogens is 312 g/mol. The number of hydrogen-bond acceptors (Lipinski definition) is 3. The lowest BCUT2D eigenvalue weighted by atomic mass is 10.0. The van der Waals surface area contributed by atoms with Gasteiger partial charge in [0.1, 0.15) is 0 Å². The van der Waals surface area contributed by atoms with Crippen LogP contribution in [0, 0.1) is 0 Å². The summed E-state index contributed by atoms with van der Waals surface area (Å²) < 4.78 is 1.01. The first-order valence-electron chi connectivity index (χ1n) is 6.44. The predicted octanol–water partition coefficient (Wildman–Crippen LogP) is 3.11. The summed E-state index contributed by atoms with van der Waals surface area (Å²) in [6.45, 7) is 6.03. The lowest BCUT2D eigenvalue weighted by molar-refractivity contribution is 0.0576. The van der Waals surface area contributed by atoms with E-state index in [1.807, 2.05) is 16.3 Å². The number of halogens is 1. The van der Waals surface area contributed by atoms with Crippen LogP contribution < -0.4 is 5.32 Å².